The molecule has 2 aromatic rings. The number of benzene rings is 2. The highest BCUT2D eigenvalue weighted by Crippen LogP contribution is 2.33. The SMILES string of the molecule is O=C(Oc1ccccc1)N1CC[C@H](c2ccc(F)cc2)[C@@H](CO)C1. The molecule has 0 aromatic heterocycles. The summed E-state index contributed by atoms with van der Waals surface area (Å²) in [5.74, 6) is 0.246. The fourth-order valence-electron chi connectivity index (χ4n) is 3.19. The van der Waals surface area contributed by atoms with Crippen molar-refractivity contribution in [1.82, 2.24) is 4.90 Å². The molecule has 0 radical (unpaired) electrons. The van der Waals surface area contributed by atoms with Crippen molar-refractivity contribution in [3.8, 4) is 5.75 Å². The second-order valence-electron chi connectivity index (χ2n) is 6.02. The number of aliphatic hydroxyl groups excluding tert-OH is 1. The van der Waals surface area contributed by atoms with Gasteiger partial charge in [0.2, 0.25) is 0 Å². The average Bonchev–Trinajstić information content (AvgIpc) is 2.62. The molecule has 2 aromatic carbocycles. The molecule has 0 aliphatic carbocycles. The first-order valence-electron chi connectivity index (χ1n) is 8.05. The zero-order chi connectivity index (χ0) is 16.9. The largest absolute Gasteiger partial charge is 0.415 e. The van der Waals surface area contributed by atoms with E-state index in [0.29, 0.717) is 25.3 Å². The minimum atomic E-state index is -0.405. The van der Waals surface area contributed by atoms with Gasteiger partial charge in [0.25, 0.3) is 0 Å². The first-order valence-corrected chi connectivity index (χ1v) is 8.05. The Labute approximate surface area is 140 Å². The minimum absolute atomic E-state index is 0.0306. The van der Waals surface area contributed by atoms with Crippen LogP contribution in [0.3, 0.4) is 0 Å². The molecule has 1 fully saturated rings. The van der Waals surface area contributed by atoms with E-state index in [1.165, 1.54) is 12.1 Å². The number of carbonyl (C=O) groups excluding carboxylic acids is 1. The number of para-hydroxylation sites is 1. The number of aliphatic hydroxyl groups is 1. The van der Waals surface area contributed by atoms with Gasteiger partial charge >= 0.3 is 6.09 Å². The van der Waals surface area contributed by atoms with Gasteiger partial charge in [0.1, 0.15) is 11.6 Å². The summed E-state index contributed by atoms with van der Waals surface area (Å²) in [7, 11) is 0. The van der Waals surface area contributed by atoms with Crippen LogP contribution in [0.5, 0.6) is 5.75 Å². The van der Waals surface area contributed by atoms with Gasteiger partial charge in [-0.25, -0.2) is 9.18 Å². The molecule has 1 saturated heterocycles. The van der Waals surface area contributed by atoms with Gasteiger partial charge in [-0.15, -0.1) is 0 Å². The molecule has 4 nitrogen and oxygen atoms in total. The van der Waals surface area contributed by atoms with E-state index < -0.39 is 6.09 Å². The average molecular weight is 329 g/mol. The zero-order valence-electron chi connectivity index (χ0n) is 13.3. The summed E-state index contributed by atoms with van der Waals surface area (Å²) in [6.45, 7) is 0.936. The summed E-state index contributed by atoms with van der Waals surface area (Å²) in [6, 6.07) is 15.3. The van der Waals surface area contributed by atoms with Crippen molar-refractivity contribution in [2.45, 2.75) is 12.3 Å². The van der Waals surface area contributed by atoms with Crippen LogP contribution in [0.2, 0.25) is 0 Å². The van der Waals surface area contributed by atoms with Crippen molar-refractivity contribution >= 4 is 6.09 Å². The van der Waals surface area contributed by atoms with E-state index >= 15 is 0 Å². The number of rotatable bonds is 3. The number of amides is 1. The van der Waals surface area contributed by atoms with E-state index in [1.54, 1.807) is 41.3 Å². The maximum atomic E-state index is 13.1. The van der Waals surface area contributed by atoms with Gasteiger partial charge in [0.05, 0.1) is 0 Å². The maximum absolute atomic E-state index is 13.1. The van der Waals surface area contributed by atoms with Gasteiger partial charge in [-0.2, -0.15) is 0 Å². The van der Waals surface area contributed by atoms with Crippen LogP contribution in [-0.2, 0) is 0 Å². The monoisotopic (exact) mass is 329 g/mol. The van der Waals surface area contributed by atoms with E-state index in [-0.39, 0.29) is 24.3 Å². The minimum Gasteiger partial charge on any atom is -0.410 e. The summed E-state index contributed by atoms with van der Waals surface area (Å²) >= 11 is 0. The van der Waals surface area contributed by atoms with Crippen LogP contribution in [0.1, 0.15) is 17.9 Å². The number of nitrogens with zero attached hydrogens (tertiary/aromatic N) is 1. The lowest BCUT2D eigenvalue weighted by Gasteiger charge is -2.37. The predicted molar refractivity (Wildman–Crippen MR) is 88.4 cm³/mol. The molecule has 1 amide bonds. The van der Waals surface area contributed by atoms with E-state index in [0.717, 1.165) is 5.56 Å². The molecule has 0 unspecified atom stereocenters. The van der Waals surface area contributed by atoms with Gasteiger partial charge in [-0.3, -0.25) is 0 Å². The van der Waals surface area contributed by atoms with Crippen LogP contribution in [-0.4, -0.2) is 35.8 Å². The topological polar surface area (TPSA) is 49.8 Å². The lowest BCUT2D eigenvalue weighted by atomic mass is 9.81. The van der Waals surface area contributed by atoms with Crippen molar-refractivity contribution in [3.63, 3.8) is 0 Å². The fraction of sp³-hybridized carbons (Fsp3) is 0.316. The van der Waals surface area contributed by atoms with Crippen molar-refractivity contribution in [2.75, 3.05) is 19.7 Å². The predicted octanol–water partition coefficient (Wildman–Crippen LogP) is 3.42. The highest BCUT2D eigenvalue weighted by molar-refractivity contribution is 5.70. The quantitative estimate of drug-likeness (QED) is 0.939. The Balaban J connectivity index is 1.66. The summed E-state index contributed by atoms with van der Waals surface area (Å²) in [6.07, 6.45) is 0.304. The Kier molecular flexibility index (Phi) is 5.11. The third-order valence-corrected chi connectivity index (χ3v) is 4.47. The summed E-state index contributed by atoms with van der Waals surface area (Å²) in [5.41, 5.74) is 0.992. The number of ether oxygens (including phenoxy) is 1. The number of carbonyl (C=O) groups is 1. The lowest BCUT2D eigenvalue weighted by molar-refractivity contribution is 0.0927. The van der Waals surface area contributed by atoms with Gasteiger partial charge in [0, 0.05) is 25.6 Å². The van der Waals surface area contributed by atoms with E-state index in [2.05, 4.69) is 0 Å². The molecule has 24 heavy (non-hydrogen) atoms. The molecular formula is C19H20FNO3. The Morgan fingerprint density at radius 1 is 1.17 bits per heavy atom. The number of halogens is 1. The standard InChI is InChI=1S/C19H20FNO3/c20-16-8-6-14(7-9-16)18-10-11-21(12-15(18)13-22)19(23)24-17-4-2-1-3-5-17/h1-9,15,18,22H,10-13H2/t15-,18-/m1/s1. The highest BCUT2D eigenvalue weighted by Gasteiger charge is 2.32. The van der Waals surface area contributed by atoms with Crippen LogP contribution in [0.4, 0.5) is 9.18 Å². The van der Waals surface area contributed by atoms with E-state index in [1.807, 2.05) is 6.07 Å². The van der Waals surface area contributed by atoms with Crippen LogP contribution >= 0.6 is 0 Å². The van der Waals surface area contributed by atoms with Crippen LogP contribution in [0.15, 0.2) is 54.6 Å². The van der Waals surface area contributed by atoms with E-state index in [4.69, 9.17) is 4.74 Å². The third-order valence-electron chi connectivity index (χ3n) is 4.47. The third kappa shape index (κ3) is 3.74. The van der Waals surface area contributed by atoms with Gasteiger partial charge < -0.3 is 14.7 Å². The summed E-state index contributed by atoms with van der Waals surface area (Å²) in [5, 5.41) is 9.71. The second kappa shape index (κ2) is 7.45. The van der Waals surface area contributed by atoms with Crippen molar-refractivity contribution in [3.05, 3.63) is 66.0 Å². The Morgan fingerprint density at radius 2 is 1.88 bits per heavy atom. The lowest BCUT2D eigenvalue weighted by Crippen LogP contribution is -2.45. The summed E-state index contributed by atoms with van der Waals surface area (Å²) < 4.78 is 18.4. The fourth-order valence-corrected chi connectivity index (χ4v) is 3.19. The number of piperidine rings is 1. The highest BCUT2D eigenvalue weighted by atomic mass is 19.1. The molecule has 1 aliphatic rings. The first kappa shape index (κ1) is 16.5. The molecule has 0 bridgehead atoms. The molecule has 5 heteroatoms. The molecule has 0 saturated carbocycles. The van der Waals surface area contributed by atoms with Crippen LogP contribution < -0.4 is 4.74 Å². The van der Waals surface area contributed by atoms with Gasteiger partial charge in [-0.1, -0.05) is 30.3 Å². The molecule has 126 valence electrons. The smallest absolute Gasteiger partial charge is 0.410 e. The normalized spacial score (nSPS) is 20.7. The molecular weight excluding hydrogens is 309 g/mol. The zero-order valence-corrected chi connectivity index (χ0v) is 13.3. The maximum Gasteiger partial charge on any atom is 0.415 e. The van der Waals surface area contributed by atoms with Gasteiger partial charge in [0.15, 0.2) is 0 Å². The Hall–Kier alpha value is -2.40. The second-order valence-corrected chi connectivity index (χ2v) is 6.02. The number of hydrogen-bond acceptors (Lipinski definition) is 3. The molecule has 1 N–H and O–H groups in total. The molecule has 0 spiro atoms. The molecule has 3 rings (SSSR count). The molecule has 2 atom stereocenters. The van der Waals surface area contributed by atoms with Crippen molar-refractivity contribution < 1.29 is 19.0 Å². The summed E-state index contributed by atoms with van der Waals surface area (Å²) in [4.78, 5) is 13.9. The molecule has 1 aliphatic heterocycles. The molecule has 1 heterocycles. The van der Waals surface area contributed by atoms with Crippen LogP contribution in [0.25, 0.3) is 0 Å². The van der Waals surface area contributed by atoms with Crippen molar-refractivity contribution in [2.24, 2.45) is 5.92 Å². The van der Waals surface area contributed by atoms with E-state index in [9.17, 15) is 14.3 Å². The van der Waals surface area contributed by atoms with Crippen LogP contribution in [0, 0.1) is 11.7 Å². The number of hydrogen-bond donors (Lipinski definition) is 1. The number of likely N-dealkylation sites (tertiary alicyclic amines) is 1. The Bertz CT molecular complexity index is 675. The Morgan fingerprint density at radius 3 is 2.54 bits per heavy atom. The van der Waals surface area contributed by atoms with Gasteiger partial charge in [-0.05, 0) is 42.2 Å². The van der Waals surface area contributed by atoms with Crippen molar-refractivity contribution in [1.29, 1.82) is 0 Å². The first-order chi connectivity index (χ1) is 11.7.